The van der Waals surface area contributed by atoms with E-state index in [2.05, 4.69) is 4.98 Å². The Bertz CT molecular complexity index is 478. The van der Waals surface area contributed by atoms with Gasteiger partial charge in [-0.3, -0.25) is 0 Å². The van der Waals surface area contributed by atoms with Crippen molar-refractivity contribution >= 4 is 5.65 Å². The van der Waals surface area contributed by atoms with E-state index in [-0.39, 0.29) is 18.0 Å². The zero-order chi connectivity index (χ0) is 8.55. The molecule has 0 spiro atoms. The molecule has 0 bridgehead atoms. The maximum Gasteiger partial charge on any atom is 0.342 e. The molecule has 0 aliphatic rings. The number of aryl methyl sites for hydroxylation is 1. The standard InChI is InChI=1S/C9H8N2O.ClH/c1-7-6-9(12)11-5-3-2-4-8(11)10-7;/h2-6H,1H3;1H. The van der Waals surface area contributed by atoms with E-state index in [1.165, 1.54) is 0 Å². The number of rotatable bonds is 0. The fourth-order valence-electron chi connectivity index (χ4n) is 1.23. The summed E-state index contributed by atoms with van der Waals surface area (Å²) < 4.78 is 1.58. The quantitative estimate of drug-likeness (QED) is 0.456. The Hall–Kier alpha value is -1.35. The lowest BCUT2D eigenvalue weighted by Gasteiger charge is -1.91. The molecule has 0 aliphatic heterocycles. The van der Waals surface area contributed by atoms with Crippen molar-refractivity contribution < 1.29 is 17.4 Å². The number of nitrogens with zero attached hydrogens (tertiary/aromatic N) is 1. The van der Waals surface area contributed by atoms with Crippen LogP contribution in [-0.4, -0.2) is 4.40 Å². The molecule has 68 valence electrons. The Morgan fingerprint density at radius 2 is 2.15 bits per heavy atom. The molecule has 0 aromatic carbocycles. The van der Waals surface area contributed by atoms with Gasteiger partial charge < -0.3 is 12.4 Å². The first-order valence-corrected chi connectivity index (χ1v) is 3.78. The summed E-state index contributed by atoms with van der Waals surface area (Å²) in [5, 5.41) is 0. The molecule has 4 heteroatoms. The van der Waals surface area contributed by atoms with Crippen LogP contribution in [0.25, 0.3) is 5.65 Å². The van der Waals surface area contributed by atoms with Gasteiger partial charge >= 0.3 is 5.56 Å². The van der Waals surface area contributed by atoms with Crippen molar-refractivity contribution in [3.8, 4) is 0 Å². The summed E-state index contributed by atoms with van der Waals surface area (Å²) in [4.78, 5) is 14.4. The van der Waals surface area contributed by atoms with Crippen LogP contribution in [0, 0.1) is 6.92 Å². The zero-order valence-electron chi connectivity index (χ0n) is 7.12. The van der Waals surface area contributed by atoms with Crippen LogP contribution in [0.5, 0.6) is 0 Å². The van der Waals surface area contributed by atoms with Gasteiger partial charge in [-0.1, -0.05) is 6.07 Å². The predicted molar refractivity (Wildman–Crippen MR) is 45.0 cm³/mol. The average Bonchev–Trinajstić information content (AvgIpc) is 2.04. The van der Waals surface area contributed by atoms with E-state index in [0.29, 0.717) is 0 Å². The molecule has 0 amide bonds. The number of H-pyrrole nitrogens is 1. The topological polar surface area (TPSA) is 35.6 Å². The molecule has 2 aromatic heterocycles. The van der Waals surface area contributed by atoms with Gasteiger partial charge in [0.1, 0.15) is 5.69 Å². The Morgan fingerprint density at radius 1 is 1.38 bits per heavy atom. The van der Waals surface area contributed by atoms with E-state index >= 15 is 0 Å². The van der Waals surface area contributed by atoms with E-state index < -0.39 is 0 Å². The lowest BCUT2D eigenvalue weighted by atomic mass is 10.4. The van der Waals surface area contributed by atoms with Crippen molar-refractivity contribution in [1.29, 1.82) is 0 Å². The fourth-order valence-corrected chi connectivity index (χ4v) is 1.23. The van der Waals surface area contributed by atoms with Crippen LogP contribution in [0.2, 0.25) is 0 Å². The van der Waals surface area contributed by atoms with Crippen molar-refractivity contribution in [2.75, 3.05) is 0 Å². The number of hydrogen-bond acceptors (Lipinski definition) is 1. The number of nitrogens with one attached hydrogen (secondary N) is 1. The molecule has 2 rings (SSSR count). The van der Waals surface area contributed by atoms with Crippen LogP contribution in [-0.2, 0) is 0 Å². The van der Waals surface area contributed by atoms with E-state index in [1.807, 2.05) is 25.1 Å². The zero-order valence-corrected chi connectivity index (χ0v) is 7.88. The molecule has 0 unspecified atom stereocenters. The van der Waals surface area contributed by atoms with Crippen molar-refractivity contribution in [3.63, 3.8) is 0 Å². The van der Waals surface area contributed by atoms with Crippen LogP contribution < -0.4 is 23.0 Å². The Morgan fingerprint density at radius 3 is 2.92 bits per heavy atom. The minimum atomic E-state index is 0. The maximum atomic E-state index is 11.3. The number of fused-ring (bicyclic) bond motifs is 1. The van der Waals surface area contributed by atoms with E-state index in [9.17, 15) is 4.79 Å². The third kappa shape index (κ3) is 1.70. The van der Waals surface area contributed by atoms with Gasteiger partial charge in [0.25, 0.3) is 5.65 Å². The molecule has 3 nitrogen and oxygen atoms in total. The first-order valence-electron chi connectivity index (χ1n) is 3.78. The summed E-state index contributed by atoms with van der Waals surface area (Å²) in [6.07, 6.45) is 1.74. The molecule has 0 radical (unpaired) electrons. The van der Waals surface area contributed by atoms with E-state index in [4.69, 9.17) is 0 Å². The van der Waals surface area contributed by atoms with Gasteiger partial charge in [0.15, 0.2) is 0 Å². The second kappa shape index (κ2) is 3.58. The first kappa shape index (κ1) is 9.74. The smallest absolute Gasteiger partial charge is 0.342 e. The van der Waals surface area contributed by atoms with Crippen molar-refractivity contribution in [1.82, 2.24) is 4.40 Å². The van der Waals surface area contributed by atoms with Crippen LogP contribution >= 0.6 is 0 Å². The molecular weight excluding hydrogens is 188 g/mol. The SMILES string of the molecule is Cc1cc(=O)n2ccccc2[nH+]1.[Cl-]. The van der Waals surface area contributed by atoms with Gasteiger partial charge in [0, 0.05) is 6.07 Å². The van der Waals surface area contributed by atoms with Gasteiger partial charge in [-0.15, -0.1) is 0 Å². The number of aromatic nitrogens is 2. The molecule has 2 heterocycles. The molecular formula is C9H9ClN2O. The average molecular weight is 197 g/mol. The van der Waals surface area contributed by atoms with Gasteiger partial charge in [0.05, 0.1) is 12.3 Å². The van der Waals surface area contributed by atoms with Crippen LogP contribution in [0.4, 0.5) is 0 Å². The van der Waals surface area contributed by atoms with Crippen molar-refractivity contribution in [2.24, 2.45) is 0 Å². The summed E-state index contributed by atoms with van der Waals surface area (Å²) >= 11 is 0. The third-order valence-electron chi connectivity index (χ3n) is 1.76. The molecule has 1 N–H and O–H groups in total. The summed E-state index contributed by atoms with van der Waals surface area (Å²) in [5.41, 5.74) is 1.70. The second-order valence-corrected chi connectivity index (χ2v) is 2.75. The largest absolute Gasteiger partial charge is 1.00 e. The normalized spacial score (nSPS) is 9.62. The first-order chi connectivity index (χ1) is 5.77. The van der Waals surface area contributed by atoms with E-state index in [1.54, 1.807) is 16.7 Å². The van der Waals surface area contributed by atoms with Crippen LogP contribution in [0.3, 0.4) is 0 Å². The monoisotopic (exact) mass is 196 g/mol. The van der Waals surface area contributed by atoms with Crippen LogP contribution in [0.15, 0.2) is 35.3 Å². The molecule has 2 aromatic rings. The lowest BCUT2D eigenvalue weighted by Crippen LogP contribution is -3.00. The minimum absolute atomic E-state index is 0. The van der Waals surface area contributed by atoms with Gasteiger partial charge in [-0.25, -0.2) is 9.78 Å². The molecule has 13 heavy (non-hydrogen) atoms. The van der Waals surface area contributed by atoms with Crippen LogP contribution in [0.1, 0.15) is 5.69 Å². The highest BCUT2D eigenvalue weighted by atomic mass is 35.5. The maximum absolute atomic E-state index is 11.3. The summed E-state index contributed by atoms with van der Waals surface area (Å²) in [6, 6.07) is 7.17. The predicted octanol–water partition coefficient (Wildman–Crippen LogP) is -2.57. The minimum Gasteiger partial charge on any atom is -1.00 e. The highest BCUT2D eigenvalue weighted by Gasteiger charge is 2.03. The third-order valence-corrected chi connectivity index (χ3v) is 1.76. The number of halogens is 1. The summed E-state index contributed by atoms with van der Waals surface area (Å²) in [6.45, 7) is 1.87. The Kier molecular flexibility index (Phi) is 2.68. The molecule has 0 fully saturated rings. The summed E-state index contributed by atoms with van der Waals surface area (Å²) in [7, 11) is 0. The molecule has 0 saturated heterocycles. The van der Waals surface area contributed by atoms with Gasteiger partial charge in [0.2, 0.25) is 0 Å². The fraction of sp³-hybridized carbons (Fsp3) is 0.111. The van der Waals surface area contributed by atoms with E-state index in [0.717, 1.165) is 11.3 Å². The number of pyridine rings is 1. The van der Waals surface area contributed by atoms with Crippen molar-refractivity contribution in [3.05, 3.63) is 46.5 Å². The number of aromatic amines is 1. The molecule has 0 atom stereocenters. The molecule has 0 saturated carbocycles. The summed E-state index contributed by atoms with van der Waals surface area (Å²) in [5.74, 6) is 0. The highest BCUT2D eigenvalue weighted by molar-refractivity contribution is 5.30. The molecule has 0 aliphatic carbocycles. The Labute approximate surface area is 81.5 Å². The number of hydrogen-bond donors (Lipinski definition) is 0. The lowest BCUT2D eigenvalue weighted by molar-refractivity contribution is -0.360. The van der Waals surface area contributed by atoms with Gasteiger partial charge in [-0.2, -0.15) is 4.40 Å². The highest BCUT2D eigenvalue weighted by Crippen LogP contribution is 1.91. The van der Waals surface area contributed by atoms with Crippen molar-refractivity contribution in [2.45, 2.75) is 6.92 Å². The second-order valence-electron chi connectivity index (χ2n) is 2.75. The Balaban J connectivity index is 0.000000845. The van der Waals surface area contributed by atoms with Gasteiger partial charge in [-0.05, 0) is 13.0 Å².